The van der Waals surface area contributed by atoms with Crippen molar-refractivity contribution in [1.82, 2.24) is 4.98 Å². The number of nitrogens with one attached hydrogen (secondary N) is 1. The molecule has 42 heavy (non-hydrogen) atoms. The number of aromatic nitrogens is 1. The van der Waals surface area contributed by atoms with Crippen LogP contribution in [0.1, 0.15) is 76.6 Å². The Labute approximate surface area is 253 Å². The Morgan fingerprint density at radius 3 is 2.26 bits per heavy atom. The van der Waals surface area contributed by atoms with Crippen LogP contribution in [0.25, 0.3) is 11.3 Å². The predicted octanol–water partition coefficient (Wildman–Crippen LogP) is 8.04. The van der Waals surface area contributed by atoms with Gasteiger partial charge in [-0.1, -0.05) is 45.0 Å². The van der Waals surface area contributed by atoms with E-state index in [2.05, 4.69) is 62.4 Å². The van der Waals surface area contributed by atoms with Gasteiger partial charge in [0.1, 0.15) is 5.92 Å². The van der Waals surface area contributed by atoms with Gasteiger partial charge in [-0.25, -0.2) is 9.78 Å². The number of nitrogens with zero attached hydrogens (tertiary/aromatic N) is 2. The largest absolute Gasteiger partial charge is 0.465 e. The van der Waals surface area contributed by atoms with E-state index in [0.717, 1.165) is 27.6 Å². The van der Waals surface area contributed by atoms with E-state index < -0.39 is 23.8 Å². The van der Waals surface area contributed by atoms with Crippen LogP contribution in [-0.4, -0.2) is 35.8 Å². The number of hydrogen-bond acceptors (Lipinski definition) is 8. The van der Waals surface area contributed by atoms with Crippen LogP contribution in [0.3, 0.4) is 0 Å². The maximum Gasteiger partial charge on any atom is 0.336 e. The zero-order valence-electron chi connectivity index (χ0n) is 26.0. The number of anilines is 2. The monoisotopic (exact) mass is 587 g/mol. The van der Waals surface area contributed by atoms with Gasteiger partial charge >= 0.3 is 11.9 Å². The number of esters is 2. The lowest BCUT2D eigenvalue weighted by Gasteiger charge is -2.31. The summed E-state index contributed by atoms with van der Waals surface area (Å²) in [5.41, 5.74) is 8.97. The minimum atomic E-state index is -0.739. The molecule has 0 saturated heterocycles. The number of aryl methyl sites for hydroxylation is 2. The Kier molecular flexibility index (Phi) is 9.36. The van der Waals surface area contributed by atoms with Crippen molar-refractivity contribution in [3.63, 3.8) is 0 Å². The number of ether oxygens (including phenoxy) is 2. The van der Waals surface area contributed by atoms with Gasteiger partial charge in [0.15, 0.2) is 5.13 Å². The molecule has 2 atom stereocenters. The van der Waals surface area contributed by atoms with Crippen molar-refractivity contribution in [2.75, 3.05) is 18.5 Å². The van der Waals surface area contributed by atoms with Gasteiger partial charge in [0.2, 0.25) is 0 Å². The highest BCUT2D eigenvalue weighted by molar-refractivity contribution is 7.14. The highest BCUT2D eigenvalue weighted by Crippen LogP contribution is 2.41. The van der Waals surface area contributed by atoms with Gasteiger partial charge in [-0.05, 0) is 81.3 Å². The van der Waals surface area contributed by atoms with Crippen molar-refractivity contribution in [2.24, 2.45) is 10.9 Å². The summed E-state index contributed by atoms with van der Waals surface area (Å²) in [6.07, 6.45) is 0. The number of hydrogen-bond donors (Lipinski definition) is 1. The van der Waals surface area contributed by atoms with Crippen molar-refractivity contribution < 1.29 is 19.1 Å². The van der Waals surface area contributed by atoms with E-state index >= 15 is 0 Å². The summed E-state index contributed by atoms with van der Waals surface area (Å²) in [6, 6.07) is 12.2. The van der Waals surface area contributed by atoms with Gasteiger partial charge in [0, 0.05) is 34.0 Å². The average Bonchev–Trinajstić information content (AvgIpc) is 3.35. The highest BCUT2D eigenvalue weighted by Gasteiger charge is 2.42. The van der Waals surface area contributed by atoms with E-state index in [1.165, 1.54) is 28.0 Å². The van der Waals surface area contributed by atoms with Crippen molar-refractivity contribution in [2.45, 2.75) is 73.6 Å². The number of rotatable bonds is 8. The standard InChI is InChI=1S/C34H41N3O4S/c1-10-40-31(38)28-21(5)35-22(6)29(32(39)41-11-2)30(28)23-13-12-14-25(17-23)36-33-37-26(18-42-33)27-19(3)15-24(16-20(27)4)34(7,8)9/h12-18,28,30H,10-11H2,1-9H3,(H,36,37). The van der Waals surface area contributed by atoms with Crippen LogP contribution in [0, 0.1) is 19.8 Å². The predicted molar refractivity (Wildman–Crippen MR) is 171 cm³/mol. The first-order valence-corrected chi connectivity index (χ1v) is 15.3. The lowest BCUT2D eigenvalue weighted by Crippen LogP contribution is -2.36. The molecule has 1 aliphatic heterocycles. The molecular formula is C34H41N3O4S. The summed E-state index contributed by atoms with van der Waals surface area (Å²) >= 11 is 1.53. The highest BCUT2D eigenvalue weighted by atomic mass is 32.1. The van der Waals surface area contributed by atoms with Crippen LogP contribution in [0.5, 0.6) is 0 Å². The van der Waals surface area contributed by atoms with Crippen LogP contribution in [0.2, 0.25) is 0 Å². The first-order chi connectivity index (χ1) is 19.8. The Morgan fingerprint density at radius 2 is 1.64 bits per heavy atom. The molecule has 3 aromatic rings. The fourth-order valence-electron chi connectivity index (χ4n) is 5.59. The third-order valence-electron chi connectivity index (χ3n) is 7.52. The second-order valence-corrected chi connectivity index (χ2v) is 12.6. The van der Waals surface area contributed by atoms with Crippen molar-refractivity contribution >= 4 is 39.8 Å². The van der Waals surface area contributed by atoms with Crippen molar-refractivity contribution in [1.29, 1.82) is 0 Å². The first-order valence-electron chi connectivity index (χ1n) is 14.4. The Bertz CT molecular complexity index is 1540. The van der Waals surface area contributed by atoms with Crippen molar-refractivity contribution in [3.8, 4) is 11.3 Å². The lowest BCUT2D eigenvalue weighted by molar-refractivity contribution is -0.146. The number of aliphatic imine (C=N–C) groups is 1. The second kappa shape index (κ2) is 12.6. The molecule has 0 aliphatic carbocycles. The summed E-state index contributed by atoms with van der Waals surface area (Å²) < 4.78 is 10.8. The molecule has 2 unspecified atom stereocenters. The molecular weight excluding hydrogens is 546 g/mol. The van der Waals surface area contributed by atoms with E-state index in [-0.39, 0.29) is 18.6 Å². The molecule has 7 nitrogen and oxygen atoms in total. The number of benzene rings is 2. The van der Waals surface area contributed by atoms with Gasteiger partial charge < -0.3 is 14.8 Å². The number of allylic oxidation sites excluding steroid dienone is 1. The van der Waals surface area contributed by atoms with Gasteiger partial charge in [-0.3, -0.25) is 9.79 Å². The van der Waals surface area contributed by atoms with Crippen LogP contribution >= 0.6 is 11.3 Å². The minimum absolute atomic E-state index is 0.0732. The van der Waals surface area contributed by atoms with E-state index in [1.54, 1.807) is 27.7 Å². The molecule has 0 saturated carbocycles. The molecule has 2 aromatic carbocycles. The maximum absolute atomic E-state index is 13.2. The molecule has 0 radical (unpaired) electrons. The summed E-state index contributed by atoms with van der Waals surface area (Å²) in [6.45, 7) is 18.5. The van der Waals surface area contributed by atoms with E-state index in [9.17, 15) is 9.59 Å². The Balaban J connectivity index is 1.69. The van der Waals surface area contributed by atoms with Gasteiger partial charge in [-0.15, -0.1) is 11.3 Å². The Morgan fingerprint density at radius 1 is 0.976 bits per heavy atom. The summed E-state index contributed by atoms with van der Waals surface area (Å²) in [4.78, 5) is 35.8. The molecule has 0 spiro atoms. The molecule has 1 aromatic heterocycles. The van der Waals surface area contributed by atoms with Crippen LogP contribution in [0.15, 0.2) is 58.0 Å². The molecule has 222 valence electrons. The fraction of sp³-hybridized carbons (Fsp3) is 0.412. The summed E-state index contributed by atoms with van der Waals surface area (Å²) in [5, 5.41) is 6.26. The lowest BCUT2D eigenvalue weighted by atomic mass is 9.75. The molecule has 1 N–H and O–H groups in total. The number of carbonyl (C=O) groups is 2. The smallest absolute Gasteiger partial charge is 0.336 e. The Hall–Kier alpha value is -3.78. The summed E-state index contributed by atoms with van der Waals surface area (Å²) in [7, 11) is 0. The van der Waals surface area contributed by atoms with Crippen LogP contribution in [-0.2, 0) is 24.5 Å². The SMILES string of the molecule is CCOC(=O)C1=C(C)N=C(C)C(C(=O)OCC)C1c1cccc(Nc2nc(-c3c(C)cc(C(C)(C)C)cc3C)cs2)c1. The van der Waals surface area contributed by atoms with Crippen LogP contribution in [0.4, 0.5) is 10.8 Å². The molecule has 1 aliphatic rings. The molecule has 0 fully saturated rings. The average molecular weight is 588 g/mol. The van der Waals surface area contributed by atoms with E-state index in [0.29, 0.717) is 17.0 Å². The normalized spacial score (nSPS) is 17.1. The zero-order chi connectivity index (χ0) is 30.8. The molecule has 4 rings (SSSR count). The second-order valence-electron chi connectivity index (χ2n) is 11.7. The van der Waals surface area contributed by atoms with Gasteiger partial charge in [0.25, 0.3) is 0 Å². The minimum Gasteiger partial charge on any atom is -0.465 e. The number of thiazole rings is 1. The quantitative estimate of drug-likeness (QED) is 0.268. The molecule has 0 amide bonds. The topological polar surface area (TPSA) is 89.9 Å². The molecule has 8 heteroatoms. The van der Waals surface area contributed by atoms with E-state index in [4.69, 9.17) is 14.5 Å². The maximum atomic E-state index is 13.2. The van der Waals surface area contributed by atoms with E-state index in [1.807, 2.05) is 24.3 Å². The molecule has 2 heterocycles. The van der Waals surface area contributed by atoms with Gasteiger partial charge in [0.05, 0.1) is 24.5 Å². The van der Waals surface area contributed by atoms with Crippen LogP contribution < -0.4 is 5.32 Å². The zero-order valence-corrected chi connectivity index (χ0v) is 26.9. The third-order valence-corrected chi connectivity index (χ3v) is 8.28. The fourth-order valence-corrected chi connectivity index (χ4v) is 6.31. The number of carbonyl (C=O) groups excluding carboxylic acids is 2. The first kappa shape index (κ1) is 31.2. The third kappa shape index (κ3) is 6.49. The molecule has 0 bridgehead atoms. The van der Waals surface area contributed by atoms with Crippen molar-refractivity contribution in [3.05, 3.63) is 75.3 Å². The summed E-state index contributed by atoms with van der Waals surface area (Å²) in [5.74, 6) is -2.22. The van der Waals surface area contributed by atoms with Gasteiger partial charge in [-0.2, -0.15) is 0 Å².